The molecule has 0 radical (unpaired) electrons. The molecule has 1 aliphatic heterocycles. The summed E-state index contributed by atoms with van der Waals surface area (Å²) in [5, 5.41) is 4.03. The number of hydrogen-bond acceptors (Lipinski definition) is 5. The van der Waals surface area contributed by atoms with E-state index in [9.17, 15) is 13.6 Å². The van der Waals surface area contributed by atoms with E-state index in [4.69, 9.17) is 9.47 Å². The third-order valence-corrected chi connectivity index (χ3v) is 4.76. The molecule has 0 unspecified atom stereocenters. The van der Waals surface area contributed by atoms with Crippen LogP contribution in [0.1, 0.15) is 12.8 Å². The van der Waals surface area contributed by atoms with Crippen LogP contribution in [0.15, 0.2) is 41.3 Å². The number of pyridine rings is 2. The highest BCUT2D eigenvalue weighted by atomic mass is 19.1. The molecule has 0 aliphatic carbocycles. The van der Waals surface area contributed by atoms with Gasteiger partial charge < -0.3 is 19.4 Å². The van der Waals surface area contributed by atoms with Crippen molar-refractivity contribution < 1.29 is 18.3 Å². The summed E-state index contributed by atoms with van der Waals surface area (Å²) in [6, 6.07) is 6.50. The third kappa shape index (κ3) is 3.68. The van der Waals surface area contributed by atoms with Gasteiger partial charge in [0, 0.05) is 50.0 Å². The van der Waals surface area contributed by atoms with Crippen LogP contribution < -0.4 is 15.6 Å². The molecule has 0 amide bonds. The van der Waals surface area contributed by atoms with Gasteiger partial charge in [-0.3, -0.25) is 4.79 Å². The van der Waals surface area contributed by atoms with Gasteiger partial charge in [0.2, 0.25) is 0 Å². The Balaban J connectivity index is 1.66. The van der Waals surface area contributed by atoms with E-state index in [2.05, 4.69) is 10.3 Å². The Morgan fingerprint density at radius 3 is 2.71 bits per heavy atom. The molecule has 4 rings (SSSR count). The zero-order chi connectivity index (χ0) is 19.7. The summed E-state index contributed by atoms with van der Waals surface area (Å²) in [5.74, 6) is -1.20. The molecule has 28 heavy (non-hydrogen) atoms. The molecule has 3 aromatic rings. The number of halogens is 2. The van der Waals surface area contributed by atoms with Gasteiger partial charge in [0.05, 0.1) is 5.52 Å². The maximum atomic E-state index is 13.9. The first-order valence-corrected chi connectivity index (χ1v) is 8.98. The van der Waals surface area contributed by atoms with Crippen molar-refractivity contribution in [1.82, 2.24) is 9.55 Å². The number of fused-ring (bicyclic) bond motifs is 1. The molecule has 1 N–H and O–H groups in total. The maximum Gasteiger partial charge on any atom is 0.293 e. The van der Waals surface area contributed by atoms with Crippen molar-refractivity contribution in [1.29, 1.82) is 0 Å². The first-order chi connectivity index (χ1) is 13.5. The Morgan fingerprint density at radius 1 is 1.18 bits per heavy atom. The minimum Gasteiger partial charge on any atom is -0.448 e. The van der Waals surface area contributed by atoms with Gasteiger partial charge in [0.25, 0.3) is 5.56 Å². The molecule has 1 fully saturated rings. The first-order valence-electron chi connectivity index (χ1n) is 8.98. The number of nitrogens with zero attached hydrogens (tertiary/aromatic N) is 2. The quantitative estimate of drug-likeness (QED) is 0.741. The lowest BCUT2D eigenvalue weighted by atomic mass is 10.1. The van der Waals surface area contributed by atoms with Gasteiger partial charge in [-0.25, -0.2) is 13.8 Å². The van der Waals surface area contributed by atoms with Gasteiger partial charge >= 0.3 is 0 Å². The minimum atomic E-state index is -0.878. The molecule has 0 saturated carbocycles. The molecular weight excluding hydrogens is 368 g/mol. The maximum absolute atomic E-state index is 13.9. The number of anilines is 1. The SMILES string of the molecule is Cn1c(=O)c(Oc2ccc(F)cc2F)cc2cnc(NC3CCOCC3)cc21. The van der Waals surface area contributed by atoms with Crippen LogP contribution in [0.2, 0.25) is 0 Å². The molecular formula is C20H19F2N3O3. The zero-order valence-corrected chi connectivity index (χ0v) is 15.2. The lowest BCUT2D eigenvalue weighted by Crippen LogP contribution is -2.28. The lowest BCUT2D eigenvalue weighted by Gasteiger charge is -2.23. The van der Waals surface area contributed by atoms with Crippen molar-refractivity contribution >= 4 is 16.7 Å². The summed E-state index contributed by atoms with van der Waals surface area (Å²) in [6.45, 7) is 1.43. The van der Waals surface area contributed by atoms with Crippen molar-refractivity contribution in [2.24, 2.45) is 7.05 Å². The summed E-state index contributed by atoms with van der Waals surface area (Å²) in [7, 11) is 1.61. The molecule has 0 spiro atoms. The number of aromatic nitrogens is 2. The van der Waals surface area contributed by atoms with E-state index in [1.54, 1.807) is 19.3 Å². The van der Waals surface area contributed by atoms with Crippen LogP contribution in [0.4, 0.5) is 14.6 Å². The van der Waals surface area contributed by atoms with Crippen LogP contribution >= 0.6 is 0 Å². The second-order valence-electron chi connectivity index (χ2n) is 6.71. The molecule has 3 heterocycles. The van der Waals surface area contributed by atoms with E-state index < -0.39 is 17.2 Å². The van der Waals surface area contributed by atoms with Gasteiger partial charge in [0.15, 0.2) is 17.3 Å². The van der Waals surface area contributed by atoms with Gasteiger partial charge in [-0.05, 0) is 31.0 Å². The van der Waals surface area contributed by atoms with E-state index in [0.717, 1.165) is 25.0 Å². The minimum absolute atomic E-state index is 0.0625. The number of benzene rings is 1. The fraction of sp³-hybridized carbons (Fsp3) is 0.300. The topological polar surface area (TPSA) is 65.4 Å². The Labute approximate surface area is 159 Å². The predicted molar refractivity (Wildman–Crippen MR) is 101 cm³/mol. The summed E-state index contributed by atoms with van der Waals surface area (Å²) in [4.78, 5) is 17.1. The summed E-state index contributed by atoms with van der Waals surface area (Å²) >= 11 is 0. The van der Waals surface area contributed by atoms with Crippen LogP contribution in [0, 0.1) is 11.6 Å². The Kier molecular flexibility index (Phi) is 4.95. The summed E-state index contributed by atoms with van der Waals surface area (Å²) in [6.07, 6.45) is 3.42. The number of rotatable bonds is 4. The molecule has 0 atom stereocenters. The van der Waals surface area contributed by atoms with Gasteiger partial charge in [-0.2, -0.15) is 0 Å². The fourth-order valence-corrected chi connectivity index (χ4v) is 3.21. The highest BCUT2D eigenvalue weighted by Crippen LogP contribution is 2.26. The standard InChI is InChI=1S/C20H19F2N3O3/c1-25-16-10-19(24-14-4-6-27-7-5-14)23-11-12(16)8-18(20(25)26)28-17-3-2-13(21)9-15(17)22/h2-3,8-11,14H,4-7H2,1H3,(H,23,24). The Hall–Kier alpha value is -3.00. The van der Waals surface area contributed by atoms with Crippen LogP contribution in [0.5, 0.6) is 11.5 Å². The molecule has 1 aromatic carbocycles. The predicted octanol–water partition coefficient (Wildman–Crippen LogP) is 3.59. The highest BCUT2D eigenvalue weighted by molar-refractivity contribution is 5.82. The van der Waals surface area contributed by atoms with E-state index in [-0.39, 0.29) is 17.5 Å². The zero-order valence-electron chi connectivity index (χ0n) is 15.2. The molecule has 0 bridgehead atoms. The van der Waals surface area contributed by atoms with E-state index in [1.807, 2.05) is 0 Å². The smallest absolute Gasteiger partial charge is 0.293 e. The summed E-state index contributed by atoms with van der Waals surface area (Å²) in [5.41, 5.74) is 0.237. The fourth-order valence-electron chi connectivity index (χ4n) is 3.21. The molecule has 2 aromatic heterocycles. The van der Waals surface area contributed by atoms with Crippen molar-refractivity contribution in [2.45, 2.75) is 18.9 Å². The number of hydrogen-bond donors (Lipinski definition) is 1. The molecule has 8 heteroatoms. The average Bonchev–Trinajstić information content (AvgIpc) is 2.69. The summed E-state index contributed by atoms with van der Waals surface area (Å²) < 4.78 is 39.1. The van der Waals surface area contributed by atoms with Gasteiger partial charge in [-0.15, -0.1) is 0 Å². The number of ether oxygens (including phenoxy) is 2. The monoisotopic (exact) mass is 387 g/mol. The van der Waals surface area contributed by atoms with Crippen molar-refractivity contribution in [3.8, 4) is 11.5 Å². The van der Waals surface area contributed by atoms with Crippen LogP contribution in [-0.4, -0.2) is 28.8 Å². The second-order valence-corrected chi connectivity index (χ2v) is 6.71. The third-order valence-electron chi connectivity index (χ3n) is 4.76. The molecule has 1 aliphatic rings. The van der Waals surface area contributed by atoms with Gasteiger partial charge in [-0.1, -0.05) is 0 Å². The largest absolute Gasteiger partial charge is 0.448 e. The van der Waals surface area contributed by atoms with E-state index in [0.29, 0.717) is 36.0 Å². The van der Waals surface area contributed by atoms with Crippen LogP contribution in [-0.2, 0) is 11.8 Å². The highest BCUT2D eigenvalue weighted by Gasteiger charge is 2.16. The number of aryl methyl sites for hydroxylation is 1. The molecule has 6 nitrogen and oxygen atoms in total. The Bertz CT molecular complexity index is 1080. The normalized spacial score (nSPS) is 15.0. The average molecular weight is 387 g/mol. The number of nitrogens with one attached hydrogen (secondary N) is 1. The van der Waals surface area contributed by atoms with Crippen molar-refractivity contribution in [3.05, 3.63) is 58.5 Å². The first kappa shape index (κ1) is 18.4. The second kappa shape index (κ2) is 7.55. The Morgan fingerprint density at radius 2 is 1.96 bits per heavy atom. The van der Waals surface area contributed by atoms with E-state index >= 15 is 0 Å². The van der Waals surface area contributed by atoms with Crippen molar-refractivity contribution in [2.75, 3.05) is 18.5 Å². The van der Waals surface area contributed by atoms with Crippen molar-refractivity contribution in [3.63, 3.8) is 0 Å². The molecule has 146 valence electrons. The van der Waals surface area contributed by atoms with Crippen LogP contribution in [0.25, 0.3) is 10.9 Å². The van der Waals surface area contributed by atoms with Gasteiger partial charge in [0.1, 0.15) is 11.6 Å². The van der Waals surface area contributed by atoms with Crippen LogP contribution in [0.3, 0.4) is 0 Å². The van der Waals surface area contributed by atoms with E-state index in [1.165, 1.54) is 10.6 Å². The molecule has 1 saturated heterocycles. The lowest BCUT2D eigenvalue weighted by molar-refractivity contribution is 0.0904.